The first kappa shape index (κ1) is 16.2. The van der Waals surface area contributed by atoms with Gasteiger partial charge in [0.1, 0.15) is 0 Å². The van der Waals surface area contributed by atoms with Gasteiger partial charge in [0.15, 0.2) is 0 Å². The Balaban J connectivity index is 0. The van der Waals surface area contributed by atoms with E-state index in [0.29, 0.717) is 0 Å². The Kier molecular flexibility index (Phi) is 7.80. The zero-order valence-corrected chi connectivity index (χ0v) is 10.2. The molecule has 0 aromatic carbocycles. The van der Waals surface area contributed by atoms with E-state index in [1.807, 2.05) is 0 Å². The minimum Gasteiger partial charge on any atom is -0.725 e. The zero-order valence-electron chi connectivity index (χ0n) is 6.54. The van der Waals surface area contributed by atoms with Gasteiger partial charge in [0.05, 0.1) is 13.2 Å². The molecule has 0 aliphatic carbocycles. The monoisotopic (exact) mass is 244 g/mol. The molecular weight excluding hydrogens is 239 g/mol. The maximum Gasteiger partial charge on any atom is 1.00 e. The summed E-state index contributed by atoms with van der Waals surface area (Å²) in [6.07, 6.45) is 0. The van der Waals surface area contributed by atoms with E-state index >= 15 is 0 Å². The molecular formula is C2H5NaO8S2. The van der Waals surface area contributed by atoms with Gasteiger partial charge in [-0.2, -0.15) is 8.42 Å². The van der Waals surface area contributed by atoms with Crippen molar-refractivity contribution in [3.8, 4) is 0 Å². The number of hydrogen-bond donors (Lipinski definition) is 1. The van der Waals surface area contributed by atoms with E-state index in [4.69, 9.17) is 5.11 Å². The second kappa shape index (κ2) is 6.27. The fourth-order valence-electron chi connectivity index (χ4n) is 0.261. The number of rotatable bonds is 5. The normalized spacial score (nSPS) is 12.2. The van der Waals surface area contributed by atoms with Crippen LogP contribution in [0, 0.1) is 0 Å². The summed E-state index contributed by atoms with van der Waals surface area (Å²) >= 11 is 0. The summed E-state index contributed by atoms with van der Waals surface area (Å²) in [5.74, 6) is 0. The van der Waals surface area contributed by atoms with Gasteiger partial charge >= 0.3 is 40.0 Å². The van der Waals surface area contributed by atoms with Crippen LogP contribution >= 0.6 is 0 Å². The Labute approximate surface area is 97.4 Å². The van der Waals surface area contributed by atoms with Gasteiger partial charge in [-0.15, -0.1) is 3.63 Å². The van der Waals surface area contributed by atoms with Gasteiger partial charge in [0.25, 0.3) is 0 Å². The molecule has 0 saturated heterocycles. The van der Waals surface area contributed by atoms with Gasteiger partial charge in [-0.1, -0.05) is 0 Å². The van der Waals surface area contributed by atoms with E-state index < -0.39 is 34.0 Å². The summed E-state index contributed by atoms with van der Waals surface area (Å²) in [6, 6.07) is 0. The van der Waals surface area contributed by atoms with Crippen molar-refractivity contribution in [2.75, 3.05) is 13.2 Å². The van der Waals surface area contributed by atoms with Crippen LogP contribution in [0.25, 0.3) is 0 Å². The van der Waals surface area contributed by atoms with Gasteiger partial charge in [-0.25, -0.2) is 12.6 Å². The predicted octanol–water partition coefficient (Wildman–Crippen LogP) is -5.28. The molecule has 0 radical (unpaired) electrons. The average Bonchev–Trinajstić information content (AvgIpc) is 1.78. The Morgan fingerprint density at radius 3 is 2.00 bits per heavy atom. The third-order valence-electron chi connectivity index (χ3n) is 0.486. The summed E-state index contributed by atoms with van der Waals surface area (Å²) in [7, 11) is -10.2. The SMILES string of the molecule is O=S(=O)([O-])OS(=O)(=O)OCCO.[Na+]. The molecule has 0 aliphatic heterocycles. The van der Waals surface area contributed by atoms with E-state index in [1.54, 1.807) is 0 Å². The summed E-state index contributed by atoms with van der Waals surface area (Å²) in [5.41, 5.74) is 0. The average molecular weight is 244 g/mol. The summed E-state index contributed by atoms with van der Waals surface area (Å²) in [4.78, 5) is 0. The molecule has 0 spiro atoms. The molecule has 13 heavy (non-hydrogen) atoms. The van der Waals surface area contributed by atoms with Crippen LogP contribution in [-0.4, -0.2) is 39.7 Å². The third-order valence-corrected chi connectivity index (χ3v) is 2.27. The molecule has 0 aliphatic rings. The smallest absolute Gasteiger partial charge is 0.725 e. The molecule has 0 rings (SSSR count). The Hall–Kier alpha value is 0.740. The van der Waals surface area contributed by atoms with Gasteiger partial charge in [0.2, 0.25) is 10.4 Å². The molecule has 0 saturated carbocycles. The predicted molar refractivity (Wildman–Crippen MR) is 32.7 cm³/mol. The van der Waals surface area contributed by atoms with Crippen molar-refractivity contribution in [2.24, 2.45) is 0 Å². The first-order chi connectivity index (χ1) is 5.27. The fraction of sp³-hybridized carbons (Fsp3) is 1.00. The minimum atomic E-state index is -5.36. The molecule has 0 unspecified atom stereocenters. The molecule has 8 nitrogen and oxygen atoms in total. The van der Waals surface area contributed by atoms with Gasteiger partial charge < -0.3 is 9.66 Å². The quantitative estimate of drug-likeness (QED) is 0.288. The van der Waals surface area contributed by atoms with Crippen molar-refractivity contribution in [3.05, 3.63) is 0 Å². The number of aliphatic hydroxyl groups excluding tert-OH is 1. The van der Waals surface area contributed by atoms with Crippen molar-refractivity contribution < 1.29 is 63.9 Å². The summed E-state index contributed by atoms with van der Waals surface area (Å²) in [6.45, 7) is -1.33. The van der Waals surface area contributed by atoms with Crippen LogP contribution in [0.3, 0.4) is 0 Å². The van der Waals surface area contributed by atoms with Crippen molar-refractivity contribution in [2.45, 2.75) is 0 Å². The molecule has 74 valence electrons. The largest absolute Gasteiger partial charge is 1.00 e. The van der Waals surface area contributed by atoms with Crippen LogP contribution in [0.15, 0.2) is 0 Å². The van der Waals surface area contributed by atoms with E-state index in [1.165, 1.54) is 0 Å². The van der Waals surface area contributed by atoms with Gasteiger partial charge in [-0.05, 0) is 0 Å². The Morgan fingerprint density at radius 1 is 1.23 bits per heavy atom. The van der Waals surface area contributed by atoms with Crippen molar-refractivity contribution in [1.82, 2.24) is 0 Å². The number of aliphatic hydroxyl groups is 1. The van der Waals surface area contributed by atoms with Crippen LogP contribution < -0.4 is 29.6 Å². The van der Waals surface area contributed by atoms with Crippen molar-refractivity contribution >= 4 is 20.8 Å². The third kappa shape index (κ3) is 10.7. The van der Waals surface area contributed by atoms with Crippen molar-refractivity contribution in [1.29, 1.82) is 0 Å². The van der Waals surface area contributed by atoms with Crippen molar-refractivity contribution in [3.63, 3.8) is 0 Å². The summed E-state index contributed by atoms with van der Waals surface area (Å²) in [5, 5.41) is 8.06. The van der Waals surface area contributed by atoms with Crippen LogP contribution in [-0.2, 0) is 28.6 Å². The van der Waals surface area contributed by atoms with Crippen LogP contribution in [0.1, 0.15) is 0 Å². The Morgan fingerprint density at radius 2 is 1.69 bits per heavy atom. The standard InChI is InChI=1S/C2H6O8S2.Na/c3-1-2-9-12(7,8)10-11(4,5)6;/h3H,1-2H2,(H,4,5,6);/q;+1/p-1. The van der Waals surface area contributed by atoms with Crippen LogP contribution in [0.2, 0.25) is 0 Å². The maximum absolute atomic E-state index is 10.3. The first-order valence-corrected chi connectivity index (χ1v) is 5.10. The molecule has 0 aromatic rings. The molecule has 1 N–H and O–H groups in total. The van der Waals surface area contributed by atoms with Crippen LogP contribution in [0.5, 0.6) is 0 Å². The molecule has 0 heterocycles. The first-order valence-electron chi connectivity index (χ1n) is 2.44. The fourth-order valence-corrected chi connectivity index (χ4v) is 1.51. The molecule has 11 heteroatoms. The zero-order chi connectivity index (χ0) is 9.83. The minimum absolute atomic E-state index is 0. The molecule has 0 bridgehead atoms. The maximum atomic E-state index is 10.3. The second-order valence-corrected chi connectivity index (χ2v) is 3.84. The van der Waals surface area contributed by atoms with Crippen LogP contribution in [0.4, 0.5) is 0 Å². The molecule has 0 aromatic heterocycles. The van der Waals surface area contributed by atoms with Gasteiger partial charge in [0, 0.05) is 0 Å². The van der Waals surface area contributed by atoms with E-state index in [9.17, 15) is 21.4 Å². The van der Waals surface area contributed by atoms with E-state index in [0.717, 1.165) is 0 Å². The second-order valence-electron chi connectivity index (χ2n) is 1.43. The molecule has 0 amide bonds. The molecule has 0 atom stereocenters. The number of hydrogen-bond acceptors (Lipinski definition) is 8. The Bertz CT molecular complexity index is 314. The topological polar surface area (TPSA) is 130 Å². The van der Waals surface area contributed by atoms with Gasteiger partial charge in [-0.3, -0.25) is 0 Å². The summed E-state index contributed by atoms with van der Waals surface area (Å²) < 4.78 is 56.3. The molecule has 0 fully saturated rings. The van der Waals surface area contributed by atoms with E-state index in [-0.39, 0.29) is 29.6 Å². The van der Waals surface area contributed by atoms with E-state index in [2.05, 4.69) is 7.81 Å².